The number of piperidine rings is 1. The summed E-state index contributed by atoms with van der Waals surface area (Å²) >= 11 is 3.17. The zero-order valence-corrected chi connectivity index (χ0v) is 15.3. The minimum Gasteiger partial charge on any atom is -0.354 e. The predicted molar refractivity (Wildman–Crippen MR) is 96.9 cm³/mol. The predicted octanol–water partition coefficient (Wildman–Crippen LogP) is 2.78. The van der Waals surface area contributed by atoms with Gasteiger partial charge >= 0.3 is 0 Å². The molecule has 4 rings (SSSR count). The Bertz CT molecular complexity index is 694. The summed E-state index contributed by atoms with van der Waals surface area (Å²) in [5.74, 6) is 0.151. The first-order chi connectivity index (χ1) is 11.0. The number of nitrogens with zero attached hydrogens (tertiary/aromatic N) is 3. The molecule has 1 amide bonds. The highest BCUT2D eigenvalue weighted by atomic mass is 32.1. The number of hydrogen-bond donors (Lipinski definition) is 1. The van der Waals surface area contributed by atoms with Crippen LogP contribution in [0, 0.1) is 0 Å². The van der Waals surface area contributed by atoms with Crippen LogP contribution < -0.4 is 10.2 Å². The van der Waals surface area contributed by atoms with Gasteiger partial charge in [0.25, 0.3) is 5.91 Å². The molecule has 0 spiro atoms. The molecule has 2 fully saturated rings. The smallest absolute Gasteiger partial charge is 0.264 e. The SMILES string of the molecule is CN(C)c1nc2sc(C(=O)N(C)C3CC4CCC(C3)N4)cc2s1. The van der Waals surface area contributed by atoms with Crippen LogP contribution in [0.15, 0.2) is 6.07 Å². The minimum absolute atomic E-state index is 0.151. The summed E-state index contributed by atoms with van der Waals surface area (Å²) in [5, 5.41) is 4.63. The molecule has 2 bridgehead atoms. The van der Waals surface area contributed by atoms with E-state index < -0.39 is 0 Å². The molecular formula is C16H22N4OS2. The van der Waals surface area contributed by atoms with E-state index in [4.69, 9.17) is 0 Å². The van der Waals surface area contributed by atoms with Gasteiger partial charge in [-0.15, -0.1) is 11.3 Å². The van der Waals surface area contributed by atoms with E-state index in [2.05, 4.69) is 10.3 Å². The third-order valence-electron chi connectivity index (χ3n) is 4.99. The Hall–Kier alpha value is -1.18. The van der Waals surface area contributed by atoms with E-state index >= 15 is 0 Å². The van der Waals surface area contributed by atoms with Crippen LogP contribution in [0.5, 0.6) is 0 Å². The molecule has 2 atom stereocenters. The second-order valence-corrected chi connectivity index (χ2v) is 8.89. The van der Waals surface area contributed by atoms with Gasteiger partial charge in [0.15, 0.2) is 5.13 Å². The Morgan fingerprint density at radius 1 is 1.22 bits per heavy atom. The highest BCUT2D eigenvalue weighted by Crippen LogP contribution is 2.35. The maximum atomic E-state index is 12.8. The van der Waals surface area contributed by atoms with Gasteiger partial charge in [-0.3, -0.25) is 4.79 Å². The second kappa shape index (κ2) is 5.72. The van der Waals surface area contributed by atoms with Crippen LogP contribution in [0.1, 0.15) is 35.4 Å². The maximum Gasteiger partial charge on any atom is 0.264 e. The molecule has 0 aromatic carbocycles. The van der Waals surface area contributed by atoms with Gasteiger partial charge in [0, 0.05) is 39.3 Å². The molecular weight excluding hydrogens is 328 g/mol. The Morgan fingerprint density at radius 2 is 1.91 bits per heavy atom. The number of aromatic nitrogens is 1. The van der Waals surface area contributed by atoms with Crippen molar-refractivity contribution in [2.45, 2.75) is 43.8 Å². The summed E-state index contributed by atoms with van der Waals surface area (Å²) in [6, 6.07) is 3.58. The van der Waals surface area contributed by atoms with E-state index in [1.165, 1.54) is 24.2 Å². The Labute approximate surface area is 144 Å². The number of thiophene rings is 1. The standard InChI is InChI=1S/C16H22N4OS2/c1-19(2)16-18-14-12(23-16)8-13(22-14)15(21)20(3)11-6-9-4-5-10(7-11)17-9/h8-11,17H,4-7H2,1-3H3. The molecule has 4 heterocycles. The fourth-order valence-electron chi connectivity index (χ4n) is 3.70. The van der Waals surface area contributed by atoms with Gasteiger partial charge in [-0.05, 0) is 31.7 Å². The van der Waals surface area contributed by atoms with Crippen molar-refractivity contribution in [3.8, 4) is 0 Å². The highest BCUT2D eigenvalue weighted by Gasteiger charge is 2.36. The van der Waals surface area contributed by atoms with Crippen molar-refractivity contribution >= 4 is 43.2 Å². The minimum atomic E-state index is 0.151. The van der Waals surface area contributed by atoms with Crippen LogP contribution in [0.3, 0.4) is 0 Å². The van der Waals surface area contributed by atoms with Gasteiger partial charge in [0.2, 0.25) is 0 Å². The lowest BCUT2D eigenvalue weighted by Crippen LogP contribution is -2.48. The van der Waals surface area contributed by atoms with E-state index in [9.17, 15) is 4.79 Å². The number of nitrogens with one attached hydrogen (secondary N) is 1. The van der Waals surface area contributed by atoms with Crippen LogP contribution in [0.4, 0.5) is 5.13 Å². The first-order valence-corrected chi connectivity index (χ1v) is 9.75. The molecule has 2 saturated heterocycles. The van der Waals surface area contributed by atoms with E-state index in [0.717, 1.165) is 32.4 Å². The number of thiazole rings is 1. The molecule has 2 aromatic rings. The number of amides is 1. The Morgan fingerprint density at radius 3 is 2.52 bits per heavy atom. The van der Waals surface area contributed by atoms with Crippen LogP contribution >= 0.6 is 22.7 Å². The fraction of sp³-hybridized carbons (Fsp3) is 0.625. The largest absolute Gasteiger partial charge is 0.354 e. The third kappa shape index (κ3) is 2.75. The molecule has 7 heteroatoms. The molecule has 0 aliphatic carbocycles. The van der Waals surface area contributed by atoms with E-state index in [1.54, 1.807) is 11.3 Å². The van der Waals surface area contributed by atoms with Gasteiger partial charge in [0.1, 0.15) is 4.83 Å². The fourth-order valence-corrected chi connectivity index (χ4v) is 5.82. The van der Waals surface area contributed by atoms with Crippen molar-refractivity contribution < 1.29 is 4.79 Å². The van der Waals surface area contributed by atoms with Gasteiger partial charge in [-0.2, -0.15) is 0 Å². The lowest BCUT2D eigenvalue weighted by molar-refractivity contribution is 0.0686. The molecule has 0 saturated carbocycles. The molecule has 1 N–H and O–H groups in total. The van der Waals surface area contributed by atoms with Gasteiger partial charge in [-0.25, -0.2) is 4.98 Å². The summed E-state index contributed by atoms with van der Waals surface area (Å²) in [5.41, 5.74) is 0. The van der Waals surface area contributed by atoms with Crippen molar-refractivity contribution in [1.82, 2.24) is 15.2 Å². The van der Waals surface area contributed by atoms with E-state index in [1.807, 2.05) is 37.0 Å². The third-order valence-corrected chi connectivity index (χ3v) is 7.30. The molecule has 2 unspecified atom stereocenters. The number of rotatable bonds is 3. The summed E-state index contributed by atoms with van der Waals surface area (Å²) < 4.78 is 1.11. The average molecular weight is 351 g/mol. The zero-order chi connectivity index (χ0) is 16.1. The molecule has 2 aliphatic rings. The van der Waals surface area contributed by atoms with Crippen molar-refractivity contribution in [2.24, 2.45) is 0 Å². The summed E-state index contributed by atoms with van der Waals surface area (Å²) in [4.78, 5) is 23.2. The number of fused-ring (bicyclic) bond motifs is 3. The van der Waals surface area contributed by atoms with Crippen molar-refractivity contribution in [3.05, 3.63) is 10.9 Å². The zero-order valence-electron chi connectivity index (χ0n) is 13.7. The van der Waals surface area contributed by atoms with Gasteiger partial charge in [0.05, 0.1) is 9.58 Å². The number of anilines is 1. The van der Waals surface area contributed by atoms with Gasteiger partial charge < -0.3 is 15.1 Å². The monoisotopic (exact) mass is 350 g/mol. The Balaban J connectivity index is 1.52. The van der Waals surface area contributed by atoms with Crippen LogP contribution in [0.2, 0.25) is 0 Å². The molecule has 23 heavy (non-hydrogen) atoms. The number of hydrogen-bond acceptors (Lipinski definition) is 6. The van der Waals surface area contributed by atoms with Crippen LogP contribution in [0.25, 0.3) is 9.53 Å². The molecule has 2 aromatic heterocycles. The normalized spacial score (nSPS) is 26.7. The number of carbonyl (C=O) groups excluding carboxylic acids is 1. The van der Waals surface area contributed by atoms with Crippen molar-refractivity contribution in [3.63, 3.8) is 0 Å². The second-order valence-electron chi connectivity index (χ2n) is 6.85. The maximum absolute atomic E-state index is 12.8. The Kier molecular flexibility index (Phi) is 3.82. The van der Waals surface area contributed by atoms with Crippen molar-refractivity contribution in [1.29, 1.82) is 0 Å². The van der Waals surface area contributed by atoms with E-state index in [0.29, 0.717) is 18.1 Å². The van der Waals surface area contributed by atoms with Crippen LogP contribution in [-0.2, 0) is 0 Å². The first-order valence-electron chi connectivity index (χ1n) is 8.12. The summed E-state index contributed by atoms with van der Waals surface area (Å²) in [6.45, 7) is 0. The van der Waals surface area contributed by atoms with Gasteiger partial charge in [-0.1, -0.05) is 11.3 Å². The average Bonchev–Trinajstić information content (AvgIpc) is 3.18. The molecule has 124 valence electrons. The van der Waals surface area contributed by atoms with Crippen molar-refractivity contribution in [2.75, 3.05) is 26.0 Å². The van der Waals surface area contributed by atoms with Crippen LogP contribution in [-0.4, -0.2) is 55.1 Å². The topological polar surface area (TPSA) is 48.5 Å². The lowest BCUT2D eigenvalue weighted by atomic mass is 9.98. The first kappa shape index (κ1) is 15.4. The highest BCUT2D eigenvalue weighted by molar-refractivity contribution is 7.29. The quantitative estimate of drug-likeness (QED) is 0.925. The summed E-state index contributed by atoms with van der Waals surface area (Å²) in [7, 11) is 5.95. The number of carbonyl (C=O) groups is 1. The molecule has 5 nitrogen and oxygen atoms in total. The lowest BCUT2D eigenvalue weighted by Gasteiger charge is -2.35. The molecule has 0 radical (unpaired) electrons. The molecule has 2 aliphatic heterocycles. The van der Waals surface area contributed by atoms with E-state index in [-0.39, 0.29) is 5.91 Å². The summed E-state index contributed by atoms with van der Waals surface area (Å²) in [6.07, 6.45) is 4.69.